The highest BCUT2D eigenvalue weighted by Crippen LogP contribution is 2.51. The Bertz CT molecular complexity index is 1010. The fourth-order valence-electron chi connectivity index (χ4n) is 5.22. The molecule has 1 N–H and O–H groups in total. The molecule has 3 atom stereocenters. The van der Waals surface area contributed by atoms with Crippen molar-refractivity contribution in [3.8, 4) is 5.75 Å². The van der Waals surface area contributed by atoms with Gasteiger partial charge >= 0.3 is 5.97 Å². The molecule has 8 heteroatoms. The summed E-state index contributed by atoms with van der Waals surface area (Å²) in [5.41, 5.74) is -0.149. The van der Waals surface area contributed by atoms with Gasteiger partial charge < -0.3 is 19.5 Å². The highest BCUT2D eigenvalue weighted by molar-refractivity contribution is 7.09. The van der Waals surface area contributed by atoms with Crippen LogP contribution in [0.5, 0.6) is 5.75 Å². The third-order valence-corrected chi connectivity index (χ3v) is 7.34. The topological polar surface area (TPSA) is 89.0 Å². The zero-order chi connectivity index (χ0) is 25.3. The number of carbonyl (C=O) groups excluding carboxylic acids is 1. The van der Waals surface area contributed by atoms with Crippen LogP contribution in [0, 0.1) is 11.8 Å². The summed E-state index contributed by atoms with van der Waals surface area (Å²) in [4.78, 5) is 33.1. The summed E-state index contributed by atoms with van der Waals surface area (Å²) < 4.78 is 11.1. The maximum absolute atomic E-state index is 14.2. The van der Waals surface area contributed by atoms with Crippen LogP contribution in [0.1, 0.15) is 74.4 Å². The van der Waals surface area contributed by atoms with Crippen LogP contribution < -0.4 is 4.74 Å². The second-order valence-electron chi connectivity index (χ2n) is 10.5. The lowest BCUT2D eigenvalue weighted by atomic mass is 9.83. The van der Waals surface area contributed by atoms with Crippen LogP contribution in [0.25, 0.3) is 0 Å². The first-order valence-electron chi connectivity index (χ1n) is 11.6. The number of nitrogens with zero attached hydrogens (tertiary/aromatic N) is 2. The molecule has 3 rings (SSSR count). The normalized spacial score (nSPS) is 22.9. The number of ether oxygens (including phenoxy) is 2. The Kier molecular flexibility index (Phi) is 7.72. The number of thiazole rings is 1. The van der Waals surface area contributed by atoms with Gasteiger partial charge in [-0.2, -0.15) is 0 Å². The van der Waals surface area contributed by atoms with Crippen LogP contribution >= 0.6 is 11.3 Å². The molecule has 1 aromatic heterocycles. The molecule has 3 unspecified atom stereocenters. The van der Waals surface area contributed by atoms with E-state index in [1.807, 2.05) is 25.3 Å². The van der Waals surface area contributed by atoms with Crippen LogP contribution in [0.2, 0.25) is 0 Å². The molecule has 1 aromatic carbocycles. The Morgan fingerprint density at radius 2 is 2.00 bits per heavy atom. The maximum Gasteiger partial charge on any atom is 0.329 e. The third kappa shape index (κ3) is 4.84. The average Bonchev–Trinajstić information content (AvgIpc) is 3.38. The zero-order valence-corrected chi connectivity index (χ0v) is 21.9. The molecule has 2 aromatic rings. The van der Waals surface area contributed by atoms with Gasteiger partial charge in [-0.3, -0.25) is 4.79 Å². The lowest BCUT2D eigenvalue weighted by molar-refractivity contribution is -0.150. The molecular weight excluding hydrogens is 452 g/mol. The van der Waals surface area contributed by atoms with Gasteiger partial charge in [0.1, 0.15) is 16.3 Å². The van der Waals surface area contributed by atoms with Gasteiger partial charge in [-0.15, -0.1) is 11.3 Å². The molecule has 7 nitrogen and oxygen atoms in total. The number of amides is 1. The average molecular weight is 489 g/mol. The van der Waals surface area contributed by atoms with Gasteiger partial charge in [0, 0.05) is 30.2 Å². The minimum absolute atomic E-state index is 0.0717. The molecule has 34 heavy (non-hydrogen) atoms. The number of carbonyl (C=O) groups is 2. The van der Waals surface area contributed by atoms with Gasteiger partial charge in [0.15, 0.2) is 0 Å². The smallest absolute Gasteiger partial charge is 0.329 e. The van der Waals surface area contributed by atoms with Crippen LogP contribution in [0.3, 0.4) is 0 Å². The molecule has 0 spiro atoms. The number of methoxy groups -OCH3 is 2. The van der Waals surface area contributed by atoms with Gasteiger partial charge in [0.2, 0.25) is 0 Å². The standard InChI is InChI=1S/C26H36N2O5S/c1-16(2)13-26(24(30)31)14-18(15-32-6)21(22-27-10-11-34-22)28(26)23(29)17-8-9-19(25(3,4)5)20(12-17)33-7/h8-12,16,18,21H,13-15H2,1-7H3,(H,30,31). The number of carboxylic acid groups (broad SMARTS) is 1. The number of hydrogen-bond donors (Lipinski definition) is 1. The van der Waals surface area contributed by atoms with E-state index in [1.165, 1.54) is 11.3 Å². The number of carboxylic acids is 1. The molecule has 0 radical (unpaired) electrons. The minimum Gasteiger partial charge on any atom is -0.496 e. The number of hydrogen-bond acceptors (Lipinski definition) is 6. The van der Waals surface area contributed by atoms with E-state index in [2.05, 4.69) is 25.8 Å². The third-order valence-electron chi connectivity index (χ3n) is 6.49. The van der Waals surface area contributed by atoms with E-state index >= 15 is 0 Å². The van der Waals surface area contributed by atoms with Gasteiger partial charge in [-0.1, -0.05) is 40.7 Å². The number of aliphatic carboxylic acids is 1. The van der Waals surface area contributed by atoms with Gasteiger partial charge in [0.05, 0.1) is 19.8 Å². The Hall–Kier alpha value is -2.45. The molecule has 1 amide bonds. The summed E-state index contributed by atoms with van der Waals surface area (Å²) in [5, 5.41) is 13.1. The van der Waals surface area contributed by atoms with Crippen LogP contribution in [-0.2, 0) is 14.9 Å². The number of benzene rings is 1. The van der Waals surface area contributed by atoms with Crippen LogP contribution in [-0.4, -0.2) is 53.2 Å². The number of aromatic nitrogens is 1. The van der Waals surface area contributed by atoms with E-state index in [0.29, 0.717) is 30.8 Å². The fraction of sp³-hybridized carbons (Fsp3) is 0.577. The van der Waals surface area contributed by atoms with Crippen molar-refractivity contribution < 1.29 is 24.2 Å². The summed E-state index contributed by atoms with van der Waals surface area (Å²) in [5.74, 6) is -0.830. The number of rotatable bonds is 8. The van der Waals surface area contributed by atoms with E-state index < -0.39 is 17.6 Å². The van der Waals surface area contributed by atoms with Crippen LogP contribution in [0.4, 0.5) is 0 Å². The molecule has 1 fully saturated rings. The SMILES string of the molecule is COCC1CC(CC(C)C)(C(=O)O)N(C(=O)c2ccc(C(C)(C)C)c(OC)c2)C1c1nccs1. The Morgan fingerprint density at radius 1 is 1.29 bits per heavy atom. The van der Waals surface area contributed by atoms with Gasteiger partial charge in [0.25, 0.3) is 5.91 Å². The monoisotopic (exact) mass is 488 g/mol. The molecule has 2 heterocycles. The van der Waals surface area contributed by atoms with Crippen molar-refractivity contribution in [2.45, 2.75) is 64.5 Å². The molecule has 0 bridgehead atoms. The molecule has 186 valence electrons. The Balaban J connectivity index is 2.19. The predicted molar refractivity (Wildman–Crippen MR) is 133 cm³/mol. The van der Waals surface area contributed by atoms with E-state index in [4.69, 9.17) is 9.47 Å². The predicted octanol–water partition coefficient (Wildman–Crippen LogP) is 5.17. The number of likely N-dealkylation sites (tertiary alicyclic amines) is 1. The first-order chi connectivity index (χ1) is 16.0. The molecule has 1 aliphatic heterocycles. The lowest BCUT2D eigenvalue weighted by Crippen LogP contribution is -2.54. The molecule has 0 aliphatic carbocycles. The van der Waals surface area contributed by atoms with Crippen molar-refractivity contribution in [3.05, 3.63) is 45.9 Å². The summed E-state index contributed by atoms with van der Waals surface area (Å²) in [7, 11) is 3.19. The van der Waals surface area contributed by atoms with Crippen molar-refractivity contribution in [1.82, 2.24) is 9.88 Å². The first kappa shape index (κ1) is 26.2. The minimum atomic E-state index is -1.36. The van der Waals surface area contributed by atoms with Crippen molar-refractivity contribution in [2.75, 3.05) is 20.8 Å². The lowest BCUT2D eigenvalue weighted by Gasteiger charge is -2.39. The van der Waals surface area contributed by atoms with Crippen molar-refractivity contribution in [1.29, 1.82) is 0 Å². The first-order valence-corrected chi connectivity index (χ1v) is 12.5. The van der Waals surface area contributed by atoms with Crippen LogP contribution in [0.15, 0.2) is 29.8 Å². The highest BCUT2D eigenvalue weighted by atomic mass is 32.1. The molecule has 0 saturated carbocycles. The van der Waals surface area contributed by atoms with Crippen molar-refractivity contribution in [3.63, 3.8) is 0 Å². The largest absolute Gasteiger partial charge is 0.496 e. The maximum atomic E-state index is 14.2. The van der Waals surface area contributed by atoms with E-state index in [9.17, 15) is 14.7 Å². The van der Waals surface area contributed by atoms with E-state index in [0.717, 1.165) is 10.6 Å². The highest BCUT2D eigenvalue weighted by Gasteiger charge is 2.59. The van der Waals surface area contributed by atoms with E-state index in [-0.39, 0.29) is 23.2 Å². The van der Waals surface area contributed by atoms with Gasteiger partial charge in [-0.25, -0.2) is 9.78 Å². The molecular formula is C26H36N2O5S. The van der Waals surface area contributed by atoms with Crippen molar-refractivity contribution in [2.24, 2.45) is 11.8 Å². The quantitative estimate of drug-likeness (QED) is 0.552. The Labute approximate surface area is 206 Å². The summed E-state index contributed by atoms with van der Waals surface area (Å²) in [6.07, 6.45) is 2.34. The summed E-state index contributed by atoms with van der Waals surface area (Å²) in [6, 6.07) is 4.91. The van der Waals surface area contributed by atoms with Gasteiger partial charge in [-0.05, 0) is 41.9 Å². The van der Waals surface area contributed by atoms with E-state index in [1.54, 1.807) is 37.4 Å². The molecule has 1 saturated heterocycles. The second kappa shape index (κ2) is 10.0. The van der Waals surface area contributed by atoms with Crippen molar-refractivity contribution >= 4 is 23.2 Å². The molecule has 1 aliphatic rings. The fourth-order valence-corrected chi connectivity index (χ4v) is 6.04. The summed E-state index contributed by atoms with van der Waals surface area (Å²) >= 11 is 1.43. The Morgan fingerprint density at radius 3 is 2.50 bits per heavy atom. The zero-order valence-electron chi connectivity index (χ0n) is 21.1. The second-order valence-corrected chi connectivity index (χ2v) is 11.4. The summed E-state index contributed by atoms with van der Waals surface area (Å²) in [6.45, 7) is 10.6.